The van der Waals surface area contributed by atoms with E-state index in [0.29, 0.717) is 24.4 Å². The van der Waals surface area contributed by atoms with E-state index in [1.165, 1.54) is 24.8 Å². The molecule has 0 heterocycles. The van der Waals surface area contributed by atoms with Gasteiger partial charge in [0.15, 0.2) is 0 Å². The summed E-state index contributed by atoms with van der Waals surface area (Å²) in [6.07, 6.45) is 10.6. The molecule has 3 rings (SSSR count). The molecule has 194 valence electrons. The standard InChI is InChI=1S/C29H48O5/c1-19(2)23-9-11-25-24(15-23)10-12-26-28(25,6)13-8-14-29(26,7)27(31)34-18-22(5)33-17-21(4)32-16-20(3)30/h10,15,19-22,25-26,30H,8-9,11-14,16-18H2,1-7H3/t20?,21?,22?,25-,26?,28-,29+/m1/s1. The number of fused-ring (bicyclic) bond motifs is 3. The van der Waals surface area contributed by atoms with Gasteiger partial charge in [-0.2, -0.15) is 0 Å². The highest BCUT2D eigenvalue weighted by Gasteiger charge is 2.57. The second-order valence-corrected chi connectivity index (χ2v) is 12.0. The highest BCUT2D eigenvalue weighted by atomic mass is 16.6. The molecule has 3 aliphatic rings. The van der Waals surface area contributed by atoms with E-state index in [0.717, 1.165) is 19.3 Å². The fourth-order valence-corrected chi connectivity index (χ4v) is 6.65. The van der Waals surface area contributed by atoms with Crippen molar-refractivity contribution in [3.8, 4) is 0 Å². The number of carbonyl (C=O) groups is 1. The lowest BCUT2D eigenvalue weighted by molar-refractivity contribution is -0.173. The van der Waals surface area contributed by atoms with E-state index in [4.69, 9.17) is 14.2 Å². The van der Waals surface area contributed by atoms with Crippen molar-refractivity contribution in [1.29, 1.82) is 0 Å². The third-order valence-electron chi connectivity index (χ3n) is 8.73. The predicted molar refractivity (Wildman–Crippen MR) is 135 cm³/mol. The Kier molecular flexibility index (Phi) is 9.08. The average Bonchev–Trinajstić information content (AvgIpc) is 2.79. The third kappa shape index (κ3) is 5.96. The van der Waals surface area contributed by atoms with Crippen LogP contribution >= 0.6 is 0 Å². The van der Waals surface area contributed by atoms with Crippen molar-refractivity contribution in [3.05, 3.63) is 23.3 Å². The van der Waals surface area contributed by atoms with Gasteiger partial charge in [-0.3, -0.25) is 4.79 Å². The molecule has 7 atom stereocenters. The zero-order chi connectivity index (χ0) is 25.1. The maximum absolute atomic E-state index is 13.5. The number of aliphatic hydroxyl groups excluding tert-OH is 1. The highest BCUT2D eigenvalue weighted by molar-refractivity contribution is 5.77. The van der Waals surface area contributed by atoms with Crippen LogP contribution in [-0.2, 0) is 19.0 Å². The largest absolute Gasteiger partial charge is 0.463 e. The van der Waals surface area contributed by atoms with E-state index in [2.05, 4.69) is 39.8 Å². The van der Waals surface area contributed by atoms with Gasteiger partial charge in [-0.1, -0.05) is 44.9 Å². The van der Waals surface area contributed by atoms with Gasteiger partial charge in [0.05, 0.1) is 36.9 Å². The lowest BCUT2D eigenvalue weighted by Gasteiger charge is -2.57. The van der Waals surface area contributed by atoms with Gasteiger partial charge in [-0.15, -0.1) is 0 Å². The number of allylic oxidation sites excluding steroid dienone is 4. The molecule has 0 aromatic heterocycles. The van der Waals surface area contributed by atoms with E-state index in [1.54, 1.807) is 12.5 Å². The Morgan fingerprint density at radius 3 is 2.41 bits per heavy atom. The molecule has 0 spiro atoms. The molecule has 0 aromatic rings. The minimum atomic E-state index is -0.490. The molecule has 0 aliphatic heterocycles. The maximum atomic E-state index is 13.5. The van der Waals surface area contributed by atoms with E-state index in [1.807, 2.05) is 13.8 Å². The van der Waals surface area contributed by atoms with Gasteiger partial charge < -0.3 is 19.3 Å². The van der Waals surface area contributed by atoms with Crippen LogP contribution in [0.15, 0.2) is 23.3 Å². The highest BCUT2D eigenvalue weighted by Crippen LogP contribution is 2.62. The van der Waals surface area contributed by atoms with Crippen LogP contribution in [0.2, 0.25) is 0 Å². The van der Waals surface area contributed by atoms with Crippen LogP contribution in [-0.4, -0.2) is 49.2 Å². The summed E-state index contributed by atoms with van der Waals surface area (Å²) in [4.78, 5) is 13.5. The smallest absolute Gasteiger partial charge is 0.312 e. The molecule has 1 N–H and O–H groups in total. The van der Waals surface area contributed by atoms with Gasteiger partial charge >= 0.3 is 5.97 Å². The summed E-state index contributed by atoms with van der Waals surface area (Å²) in [5, 5.41) is 9.34. The van der Waals surface area contributed by atoms with Crippen molar-refractivity contribution in [1.82, 2.24) is 0 Å². The normalized spacial score (nSPS) is 33.8. The minimum Gasteiger partial charge on any atom is -0.463 e. The summed E-state index contributed by atoms with van der Waals surface area (Å²) in [6.45, 7) is 15.7. The van der Waals surface area contributed by atoms with E-state index in [9.17, 15) is 9.90 Å². The van der Waals surface area contributed by atoms with Crippen molar-refractivity contribution in [2.75, 3.05) is 19.8 Å². The molecule has 5 heteroatoms. The number of aliphatic hydroxyl groups is 1. The molecule has 0 aromatic carbocycles. The van der Waals surface area contributed by atoms with Crippen LogP contribution in [0.1, 0.15) is 87.0 Å². The summed E-state index contributed by atoms with van der Waals surface area (Å²) >= 11 is 0. The molecule has 0 saturated heterocycles. The fraction of sp³-hybridized carbons (Fsp3) is 0.828. The fourth-order valence-electron chi connectivity index (χ4n) is 6.65. The van der Waals surface area contributed by atoms with Gasteiger partial charge in [0.1, 0.15) is 6.61 Å². The Morgan fingerprint density at radius 1 is 1.06 bits per heavy atom. The minimum absolute atomic E-state index is 0.0663. The van der Waals surface area contributed by atoms with Crippen LogP contribution < -0.4 is 0 Å². The van der Waals surface area contributed by atoms with E-state index in [-0.39, 0.29) is 36.8 Å². The lowest BCUT2D eigenvalue weighted by atomic mass is 9.47. The molecular formula is C29H48O5. The van der Waals surface area contributed by atoms with Crippen LogP contribution in [0.5, 0.6) is 0 Å². The van der Waals surface area contributed by atoms with Crippen molar-refractivity contribution < 1.29 is 24.1 Å². The van der Waals surface area contributed by atoms with Crippen molar-refractivity contribution in [3.63, 3.8) is 0 Å². The van der Waals surface area contributed by atoms with E-state index < -0.39 is 11.5 Å². The third-order valence-corrected chi connectivity index (χ3v) is 8.73. The van der Waals surface area contributed by atoms with Crippen LogP contribution in [0.4, 0.5) is 0 Å². The van der Waals surface area contributed by atoms with Crippen molar-refractivity contribution in [2.45, 2.75) is 105 Å². The van der Waals surface area contributed by atoms with Gasteiger partial charge in [-0.25, -0.2) is 0 Å². The maximum Gasteiger partial charge on any atom is 0.312 e. The quantitative estimate of drug-likeness (QED) is 0.400. The summed E-state index contributed by atoms with van der Waals surface area (Å²) in [5.74, 6) is 1.40. The molecule has 3 aliphatic carbocycles. The first kappa shape index (κ1) is 27.4. The number of ether oxygens (including phenoxy) is 3. The number of rotatable bonds is 10. The van der Waals surface area contributed by atoms with Crippen LogP contribution in [0.3, 0.4) is 0 Å². The van der Waals surface area contributed by atoms with Gasteiger partial charge in [0.2, 0.25) is 0 Å². The molecular weight excluding hydrogens is 428 g/mol. The summed E-state index contributed by atoms with van der Waals surface area (Å²) in [5.41, 5.74) is 2.78. The van der Waals surface area contributed by atoms with E-state index >= 15 is 0 Å². The SMILES string of the molecule is CC(O)COC(C)COC(C)COC(=O)[C@@]1(C)CCC[C@@]2(C)C1CC=C1C=C(C(C)C)CC[C@H]12. The second-order valence-electron chi connectivity index (χ2n) is 12.0. The van der Waals surface area contributed by atoms with Gasteiger partial charge in [-0.05, 0) is 88.5 Å². The van der Waals surface area contributed by atoms with Crippen LogP contribution in [0.25, 0.3) is 0 Å². The molecule has 34 heavy (non-hydrogen) atoms. The molecule has 5 nitrogen and oxygen atoms in total. The predicted octanol–water partition coefficient (Wildman–Crippen LogP) is 5.86. The molecule has 0 amide bonds. The van der Waals surface area contributed by atoms with Crippen LogP contribution in [0, 0.1) is 28.6 Å². The first-order valence-corrected chi connectivity index (χ1v) is 13.5. The molecule has 0 bridgehead atoms. The zero-order valence-corrected chi connectivity index (χ0v) is 22.6. The van der Waals surface area contributed by atoms with Crippen molar-refractivity contribution in [2.24, 2.45) is 28.6 Å². The Hall–Kier alpha value is -1.17. The number of carbonyl (C=O) groups excluding carboxylic acids is 1. The molecule has 1 saturated carbocycles. The molecule has 4 unspecified atom stereocenters. The Labute approximate surface area is 207 Å². The lowest BCUT2D eigenvalue weighted by Crippen LogP contribution is -2.53. The monoisotopic (exact) mass is 476 g/mol. The summed E-state index contributed by atoms with van der Waals surface area (Å²) < 4.78 is 17.2. The molecule has 1 fully saturated rings. The summed E-state index contributed by atoms with van der Waals surface area (Å²) in [6, 6.07) is 0. The number of hydrogen-bond acceptors (Lipinski definition) is 5. The Morgan fingerprint density at radius 2 is 1.74 bits per heavy atom. The Bertz CT molecular complexity index is 768. The zero-order valence-electron chi connectivity index (χ0n) is 22.6. The summed E-state index contributed by atoms with van der Waals surface area (Å²) in [7, 11) is 0. The average molecular weight is 477 g/mol. The van der Waals surface area contributed by atoms with Gasteiger partial charge in [0.25, 0.3) is 0 Å². The topological polar surface area (TPSA) is 65.0 Å². The second kappa shape index (κ2) is 11.3. The number of esters is 1. The first-order valence-electron chi connectivity index (χ1n) is 13.5. The molecule has 0 radical (unpaired) electrons. The first-order chi connectivity index (χ1) is 16.0. The Balaban J connectivity index is 1.61. The van der Waals surface area contributed by atoms with Crippen molar-refractivity contribution >= 4 is 5.97 Å². The van der Waals surface area contributed by atoms with Gasteiger partial charge in [0, 0.05) is 0 Å². The number of hydrogen-bond donors (Lipinski definition) is 1.